The van der Waals surface area contributed by atoms with E-state index in [2.05, 4.69) is 10.6 Å². The average Bonchev–Trinajstić information content (AvgIpc) is 3.31. The number of benzene rings is 1. The van der Waals surface area contributed by atoms with Gasteiger partial charge in [0.25, 0.3) is 5.91 Å². The number of urea groups is 2. The Kier molecular flexibility index (Phi) is 8.99. The number of hydrogen-bond acceptors (Lipinski definition) is 12. The number of carboxylic acids is 1. The molecule has 0 radical (unpaired) electrons. The van der Waals surface area contributed by atoms with E-state index >= 15 is 0 Å². The van der Waals surface area contributed by atoms with E-state index in [1.165, 1.54) is 24.3 Å². The smallest absolute Gasteiger partial charge is 0.352 e. The average molecular weight is 674 g/mol. The molecule has 0 aromatic heterocycles. The fourth-order valence-electron chi connectivity index (χ4n) is 4.75. The van der Waals surface area contributed by atoms with Crippen LogP contribution in [0.5, 0.6) is 0 Å². The maximum Gasteiger partial charge on any atom is 0.352 e. The van der Waals surface area contributed by atoms with Crippen LogP contribution in [0.2, 0.25) is 0 Å². The number of rotatable bonds is 9. The number of carboxylic acid groups (broad SMARTS) is 1. The van der Waals surface area contributed by atoms with Gasteiger partial charge in [-0.15, -0.1) is 11.8 Å². The monoisotopic (exact) mass is 673 g/mol. The van der Waals surface area contributed by atoms with Crippen LogP contribution in [0.3, 0.4) is 0 Å². The van der Waals surface area contributed by atoms with Crippen LogP contribution in [-0.4, -0.2) is 120 Å². The Morgan fingerprint density at radius 1 is 1.09 bits per heavy atom. The van der Waals surface area contributed by atoms with Crippen molar-refractivity contribution < 1.29 is 55.4 Å². The molecule has 1 aromatic rings. The van der Waals surface area contributed by atoms with Crippen LogP contribution >= 0.6 is 11.8 Å². The standard InChI is InChI=1S/C24H27N5O12S3/c1-12(30)41-10-14-11-42-21-17(20(32)28(21)18(14)22(33)34)25-19(31)16(13-7-5-4-6-8-13)26-23(35)27-9-15(43(2,37)38)29(24(27)36)44(3,39)40/h4-8,15-17,21H,9-11H2,1-3H3,(H,25,31)(H,26,35)(H,33,34)/t15?,16?,17?,21-/m0/s1. The van der Waals surface area contributed by atoms with Crippen LogP contribution in [0.25, 0.3) is 0 Å². The topological polar surface area (TPSA) is 234 Å². The predicted octanol–water partition coefficient (Wildman–Crippen LogP) is -1.19. The van der Waals surface area contributed by atoms with Crippen LogP contribution in [0, 0.1) is 0 Å². The molecule has 1 aromatic carbocycles. The molecule has 20 heteroatoms. The Bertz CT molecular complexity index is 1680. The highest BCUT2D eigenvalue weighted by Crippen LogP contribution is 2.40. The van der Waals surface area contributed by atoms with Gasteiger partial charge in [0.05, 0.1) is 12.8 Å². The van der Waals surface area contributed by atoms with Gasteiger partial charge in [0.2, 0.25) is 15.9 Å². The summed E-state index contributed by atoms with van der Waals surface area (Å²) in [6.07, 6.45) is 1.31. The zero-order valence-corrected chi connectivity index (χ0v) is 25.8. The molecule has 3 heterocycles. The van der Waals surface area contributed by atoms with Crippen molar-refractivity contribution in [1.29, 1.82) is 0 Å². The van der Waals surface area contributed by atoms with Crippen LogP contribution in [0.15, 0.2) is 41.6 Å². The van der Waals surface area contributed by atoms with Crippen molar-refractivity contribution in [3.63, 3.8) is 0 Å². The minimum atomic E-state index is -4.41. The lowest BCUT2D eigenvalue weighted by atomic mass is 10.0. The number of ether oxygens (including phenoxy) is 1. The number of carbonyl (C=O) groups is 6. The highest BCUT2D eigenvalue weighted by Gasteiger charge is 2.55. The van der Waals surface area contributed by atoms with Crippen LogP contribution in [0.1, 0.15) is 18.5 Å². The van der Waals surface area contributed by atoms with Gasteiger partial charge in [0, 0.05) is 24.5 Å². The molecule has 4 atom stereocenters. The lowest BCUT2D eigenvalue weighted by Gasteiger charge is -2.49. The van der Waals surface area contributed by atoms with Gasteiger partial charge < -0.3 is 20.5 Å². The number of sulfonamides is 1. The molecule has 0 bridgehead atoms. The molecule has 6 amide bonds. The first-order valence-corrected chi connectivity index (χ1v) is 17.5. The number of imide groups is 1. The number of thioether (sulfide) groups is 1. The molecule has 3 unspecified atom stereocenters. The van der Waals surface area contributed by atoms with E-state index in [9.17, 15) is 50.7 Å². The zero-order chi connectivity index (χ0) is 32.7. The number of nitrogens with one attached hydrogen (secondary N) is 2. The minimum absolute atomic E-state index is 0.0734. The molecule has 17 nitrogen and oxygen atoms in total. The van der Waals surface area contributed by atoms with E-state index in [1.54, 1.807) is 6.07 Å². The Balaban J connectivity index is 1.56. The molecule has 4 rings (SSSR count). The van der Waals surface area contributed by atoms with Gasteiger partial charge in [-0.25, -0.2) is 40.4 Å². The fraction of sp³-hybridized carbons (Fsp3) is 0.417. The molecule has 44 heavy (non-hydrogen) atoms. The highest BCUT2D eigenvalue weighted by molar-refractivity contribution is 8.00. The summed E-state index contributed by atoms with van der Waals surface area (Å²) in [6, 6.07) is 2.11. The highest BCUT2D eigenvalue weighted by atomic mass is 32.2. The predicted molar refractivity (Wildman–Crippen MR) is 151 cm³/mol. The van der Waals surface area contributed by atoms with Crippen molar-refractivity contribution >= 4 is 67.4 Å². The quantitative estimate of drug-likeness (QED) is 0.207. The number of esters is 1. The van der Waals surface area contributed by atoms with E-state index in [-0.39, 0.29) is 33.5 Å². The van der Waals surface area contributed by atoms with Gasteiger partial charge in [-0.1, -0.05) is 30.3 Å². The second-order valence-corrected chi connectivity index (χ2v) is 15.1. The van der Waals surface area contributed by atoms with Crippen molar-refractivity contribution in [1.82, 2.24) is 24.7 Å². The van der Waals surface area contributed by atoms with Gasteiger partial charge >= 0.3 is 24.0 Å². The first-order valence-electron chi connectivity index (χ1n) is 12.6. The molecular formula is C24H27N5O12S3. The number of carbonyl (C=O) groups excluding carboxylic acids is 5. The van der Waals surface area contributed by atoms with E-state index in [0.717, 1.165) is 23.6 Å². The van der Waals surface area contributed by atoms with E-state index in [1.807, 2.05) is 0 Å². The normalized spacial score (nSPS) is 22.6. The number of nitrogens with zero attached hydrogens (tertiary/aromatic N) is 3. The molecule has 3 aliphatic heterocycles. The minimum Gasteiger partial charge on any atom is -0.477 e. The summed E-state index contributed by atoms with van der Waals surface area (Å²) in [7, 11) is -8.58. The van der Waals surface area contributed by atoms with Gasteiger partial charge in [-0.2, -0.15) is 0 Å². The molecule has 2 fully saturated rings. The van der Waals surface area contributed by atoms with Crippen molar-refractivity contribution in [2.45, 2.75) is 29.8 Å². The second kappa shape index (κ2) is 12.1. The lowest BCUT2D eigenvalue weighted by Crippen LogP contribution is -2.71. The Hall–Kier alpha value is -4.17. The first kappa shape index (κ1) is 32.7. The van der Waals surface area contributed by atoms with Gasteiger partial charge in [-0.3, -0.25) is 19.3 Å². The summed E-state index contributed by atoms with van der Waals surface area (Å²) in [6.45, 7) is -0.0341. The number of fused-ring (bicyclic) bond motifs is 1. The van der Waals surface area contributed by atoms with Crippen molar-refractivity contribution in [2.24, 2.45) is 0 Å². The second-order valence-electron chi connectivity index (χ2n) is 9.96. The third-order valence-corrected chi connectivity index (χ3v) is 10.7. The first-order chi connectivity index (χ1) is 20.4. The molecule has 238 valence electrons. The van der Waals surface area contributed by atoms with Crippen LogP contribution < -0.4 is 10.6 Å². The summed E-state index contributed by atoms with van der Waals surface area (Å²) in [5.41, 5.74) is 0.00785. The SMILES string of the molecule is CC(=O)OCC1=C(C(=O)O)N2C(=O)C(NC(=O)C(NC(=O)N3CC(S(C)(=O)=O)N(S(C)(=O)=O)C3=O)c3ccccc3)[C@@H]2SC1. The molecule has 0 spiro atoms. The molecule has 3 aliphatic rings. The van der Waals surface area contributed by atoms with Crippen LogP contribution in [-0.2, 0) is 43.8 Å². The maximum atomic E-state index is 13.5. The van der Waals surface area contributed by atoms with E-state index in [0.29, 0.717) is 17.4 Å². The number of hydrogen-bond donors (Lipinski definition) is 3. The summed E-state index contributed by atoms with van der Waals surface area (Å²) in [5, 5.41) is 11.8. The van der Waals surface area contributed by atoms with E-state index in [4.69, 9.17) is 4.74 Å². The fourth-order valence-corrected chi connectivity index (χ4v) is 8.75. The summed E-state index contributed by atoms with van der Waals surface area (Å²) >= 11 is 1.11. The van der Waals surface area contributed by atoms with Gasteiger partial charge in [0.1, 0.15) is 29.8 Å². The molecular weight excluding hydrogens is 646 g/mol. The maximum absolute atomic E-state index is 13.5. The molecule has 2 saturated heterocycles. The molecule has 3 N–H and O–H groups in total. The largest absolute Gasteiger partial charge is 0.477 e. The number of sulfone groups is 1. The summed E-state index contributed by atoms with van der Waals surface area (Å²) in [4.78, 5) is 77.1. The Morgan fingerprint density at radius 2 is 1.73 bits per heavy atom. The third kappa shape index (κ3) is 6.36. The summed E-state index contributed by atoms with van der Waals surface area (Å²) < 4.78 is 53.8. The Labute approximate surface area is 255 Å². The van der Waals surface area contributed by atoms with Gasteiger partial charge in [0.15, 0.2) is 15.2 Å². The van der Waals surface area contributed by atoms with Crippen LogP contribution in [0.4, 0.5) is 9.59 Å². The van der Waals surface area contributed by atoms with E-state index < -0.39 is 85.1 Å². The molecule has 0 aliphatic carbocycles. The Morgan fingerprint density at radius 3 is 2.25 bits per heavy atom. The number of β-lactam (4-membered cyclic amide) rings is 1. The molecule has 0 saturated carbocycles. The van der Waals surface area contributed by atoms with Crippen molar-refractivity contribution in [2.75, 3.05) is 31.4 Å². The number of aliphatic carboxylic acids is 1. The number of amides is 6. The van der Waals surface area contributed by atoms with Crippen molar-refractivity contribution in [3.05, 3.63) is 47.2 Å². The lowest BCUT2D eigenvalue weighted by molar-refractivity contribution is -0.151. The van der Waals surface area contributed by atoms with Gasteiger partial charge in [-0.05, 0) is 5.56 Å². The summed E-state index contributed by atoms with van der Waals surface area (Å²) in [5.74, 6) is -3.71. The third-order valence-electron chi connectivity index (χ3n) is 6.78. The zero-order valence-electron chi connectivity index (χ0n) is 23.3. The van der Waals surface area contributed by atoms with Crippen molar-refractivity contribution in [3.8, 4) is 0 Å².